The number of hydrogen-bond acceptors (Lipinski definition) is 5. The van der Waals surface area contributed by atoms with Crippen LogP contribution in [0.15, 0.2) is 42.5 Å². The van der Waals surface area contributed by atoms with Crippen LogP contribution in [0.4, 0.5) is 4.39 Å². The average Bonchev–Trinajstić information content (AvgIpc) is 3.41. The third-order valence-electron chi connectivity index (χ3n) is 5.50. The van der Waals surface area contributed by atoms with Crippen LogP contribution in [0.25, 0.3) is 5.69 Å². The molecule has 2 aliphatic rings. The first-order valence-electron chi connectivity index (χ1n) is 10.0. The van der Waals surface area contributed by atoms with E-state index in [9.17, 15) is 9.18 Å². The van der Waals surface area contributed by atoms with Gasteiger partial charge in [-0.25, -0.2) is 14.1 Å². The van der Waals surface area contributed by atoms with Crippen molar-refractivity contribution in [2.75, 3.05) is 19.8 Å². The van der Waals surface area contributed by atoms with Gasteiger partial charge in [-0.1, -0.05) is 6.07 Å². The number of nitrogens with zero attached hydrogens (tertiary/aromatic N) is 4. The van der Waals surface area contributed by atoms with Gasteiger partial charge in [0, 0.05) is 6.54 Å². The van der Waals surface area contributed by atoms with Crippen LogP contribution < -0.4 is 9.47 Å². The smallest absolute Gasteiger partial charge is 0.294 e. The maximum atomic E-state index is 13.2. The number of halogens is 1. The van der Waals surface area contributed by atoms with Gasteiger partial charge >= 0.3 is 0 Å². The molecule has 1 aromatic heterocycles. The molecule has 3 heterocycles. The zero-order chi connectivity index (χ0) is 20.7. The molecule has 0 saturated carbocycles. The van der Waals surface area contributed by atoms with E-state index in [2.05, 4.69) is 10.1 Å². The lowest BCUT2D eigenvalue weighted by molar-refractivity contribution is 0.0722. The number of ether oxygens (including phenoxy) is 2. The molecule has 0 N–H and O–H groups in total. The molecule has 8 heteroatoms. The van der Waals surface area contributed by atoms with E-state index in [1.807, 2.05) is 23.1 Å². The van der Waals surface area contributed by atoms with Crippen LogP contribution in [0.1, 0.15) is 40.9 Å². The van der Waals surface area contributed by atoms with Gasteiger partial charge in [0.2, 0.25) is 5.82 Å². The number of aromatic nitrogens is 3. The first-order chi connectivity index (χ1) is 14.6. The molecule has 1 amide bonds. The van der Waals surface area contributed by atoms with Gasteiger partial charge in [0.05, 0.1) is 11.7 Å². The molecule has 2 aliphatic heterocycles. The number of aryl methyl sites for hydroxylation is 1. The number of carbonyl (C=O) groups is 1. The van der Waals surface area contributed by atoms with Gasteiger partial charge in [-0.05, 0) is 61.7 Å². The van der Waals surface area contributed by atoms with Crippen molar-refractivity contribution in [3.05, 3.63) is 65.5 Å². The van der Waals surface area contributed by atoms with Crippen LogP contribution in [0, 0.1) is 12.7 Å². The maximum absolute atomic E-state index is 13.2. The highest BCUT2D eigenvalue weighted by Crippen LogP contribution is 2.38. The van der Waals surface area contributed by atoms with Crippen LogP contribution in [-0.4, -0.2) is 45.3 Å². The predicted octanol–water partition coefficient (Wildman–Crippen LogP) is 3.46. The molecular weight excluding hydrogens is 387 g/mol. The van der Waals surface area contributed by atoms with E-state index in [-0.39, 0.29) is 23.6 Å². The second-order valence-electron chi connectivity index (χ2n) is 7.43. The van der Waals surface area contributed by atoms with Gasteiger partial charge in [-0.15, -0.1) is 5.10 Å². The summed E-state index contributed by atoms with van der Waals surface area (Å²) < 4.78 is 26.1. The molecule has 1 saturated heterocycles. The molecule has 154 valence electrons. The molecular formula is C22H21FN4O3. The SMILES string of the molecule is Cc1nc(C(=O)N2CCC[C@H]2c2ccc3c(c2)OCCO3)nn1-c1ccc(F)cc1. The van der Waals surface area contributed by atoms with Gasteiger partial charge < -0.3 is 14.4 Å². The van der Waals surface area contributed by atoms with Crippen LogP contribution in [0.3, 0.4) is 0 Å². The van der Waals surface area contributed by atoms with Crippen LogP contribution >= 0.6 is 0 Å². The molecule has 5 rings (SSSR count). The Hall–Kier alpha value is -3.42. The Bertz CT molecular complexity index is 1100. The third kappa shape index (κ3) is 3.28. The van der Waals surface area contributed by atoms with Crippen molar-refractivity contribution < 1.29 is 18.7 Å². The summed E-state index contributed by atoms with van der Waals surface area (Å²) >= 11 is 0. The molecule has 1 atom stereocenters. The van der Waals surface area contributed by atoms with E-state index in [0.29, 0.717) is 37.0 Å². The van der Waals surface area contributed by atoms with Crippen molar-refractivity contribution in [1.29, 1.82) is 0 Å². The largest absolute Gasteiger partial charge is 0.486 e. The van der Waals surface area contributed by atoms with Crippen molar-refractivity contribution in [3.8, 4) is 17.2 Å². The number of likely N-dealkylation sites (tertiary alicyclic amines) is 1. The summed E-state index contributed by atoms with van der Waals surface area (Å²) in [5.74, 6) is 1.62. The minimum atomic E-state index is -0.327. The van der Waals surface area contributed by atoms with E-state index >= 15 is 0 Å². The molecule has 30 heavy (non-hydrogen) atoms. The predicted molar refractivity (Wildman–Crippen MR) is 106 cm³/mol. The Morgan fingerprint density at radius 2 is 1.87 bits per heavy atom. The molecule has 7 nitrogen and oxygen atoms in total. The lowest BCUT2D eigenvalue weighted by atomic mass is 10.0. The van der Waals surface area contributed by atoms with Crippen molar-refractivity contribution in [3.63, 3.8) is 0 Å². The first-order valence-corrected chi connectivity index (χ1v) is 10.0. The minimum absolute atomic E-state index is 0.0635. The summed E-state index contributed by atoms with van der Waals surface area (Å²) in [5, 5.41) is 4.40. The summed E-state index contributed by atoms with van der Waals surface area (Å²) in [4.78, 5) is 19.4. The second-order valence-corrected chi connectivity index (χ2v) is 7.43. The zero-order valence-electron chi connectivity index (χ0n) is 16.5. The fourth-order valence-electron chi connectivity index (χ4n) is 4.06. The summed E-state index contributed by atoms with van der Waals surface area (Å²) in [6, 6.07) is 11.7. The fraction of sp³-hybridized carbons (Fsp3) is 0.318. The highest BCUT2D eigenvalue weighted by molar-refractivity contribution is 5.91. The Labute approximate surface area is 173 Å². The molecule has 0 radical (unpaired) electrons. The molecule has 2 aromatic carbocycles. The standard InChI is InChI=1S/C22H21FN4O3/c1-14-24-21(25-27(14)17-7-5-16(23)6-8-17)22(28)26-10-2-3-18(26)15-4-9-19-20(13-15)30-12-11-29-19/h4-9,13,18H,2-3,10-12H2,1H3/t18-/m0/s1. The molecule has 3 aromatic rings. The van der Waals surface area contributed by atoms with Crippen molar-refractivity contribution in [2.45, 2.75) is 25.8 Å². The summed E-state index contributed by atoms with van der Waals surface area (Å²) in [6.07, 6.45) is 1.77. The Morgan fingerprint density at radius 1 is 1.10 bits per heavy atom. The number of benzene rings is 2. The third-order valence-corrected chi connectivity index (χ3v) is 5.50. The molecule has 0 spiro atoms. The molecule has 0 unspecified atom stereocenters. The lowest BCUT2D eigenvalue weighted by Gasteiger charge is -2.26. The van der Waals surface area contributed by atoms with E-state index in [4.69, 9.17) is 9.47 Å². The highest BCUT2D eigenvalue weighted by Gasteiger charge is 2.33. The Balaban J connectivity index is 1.42. The monoisotopic (exact) mass is 408 g/mol. The van der Waals surface area contributed by atoms with Crippen LogP contribution in [-0.2, 0) is 0 Å². The van der Waals surface area contributed by atoms with Crippen molar-refractivity contribution in [1.82, 2.24) is 19.7 Å². The number of rotatable bonds is 3. The Kier molecular flexibility index (Phi) is 4.61. The van der Waals surface area contributed by atoms with Gasteiger partial charge in [0.1, 0.15) is 24.9 Å². The van der Waals surface area contributed by atoms with Gasteiger partial charge in [0.15, 0.2) is 11.5 Å². The summed E-state index contributed by atoms with van der Waals surface area (Å²) in [5.41, 5.74) is 1.67. The minimum Gasteiger partial charge on any atom is -0.486 e. The number of carbonyl (C=O) groups excluding carboxylic acids is 1. The first kappa shape index (κ1) is 18.6. The second kappa shape index (κ2) is 7.44. The van der Waals surface area contributed by atoms with Crippen molar-refractivity contribution >= 4 is 5.91 Å². The number of hydrogen-bond donors (Lipinski definition) is 0. The Morgan fingerprint density at radius 3 is 2.67 bits per heavy atom. The quantitative estimate of drug-likeness (QED) is 0.664. The topological polar surface area (TPSA) is 69.5 Å². The summed E-state index contributed by atoms with van der Waals surface area (Å²) in [6.45, 7) is 3.48. The van der Waals surface area contributed by atoms with E-state index in [1.165, 1.54) is 12.1 Å². The average molecular weight is 408 g/mol. The number of fused-ring (bicyclic) bond motifs is 1. The highest BCUT2D eigenvalue weighted by atomic mass is 19.1. The lowest BCUT2D eigenvalue weighted by Crippen LogP contribution is -2.31. The van der Waals surface area contributed by atoms with E-state index in [0.717, 1.165) is 24.2 Å². The molecule has 0 bridgehead atoms. The normalized spacial score (nSPS) is 17.9. The fourth-order valence-corrected chi connectivity index (χ4v) is 4.06. The van der Waals surface area contributed by atoms with Crippen LogP contribution in [0.2, 0.25) is 0 Å². The summed E-state index contributed by atoms with van der Waals surface area (Å²) in [7, 11) is 0. The molecule has 1 fully saturated rings. The van der Waals surface area contributed by atoms with Gasteiger partial charge in [-0.3, -0.25) is 4.79 Å². The maximum Gasteiger partial charge on any atom is 0.294 e. The van der Waals surface area contributed by atoms with Crippen LogP contribution in [0.5, 0.6) is 11.5 Å². The zero-order valence-corrected chi connectivity index (χ0v) is 16.5. The van der Waals surface area contributed by atoms with Crippen molar-refractivity contribution in [2.24, 2.45) is 0 Å². The van der Waals surface area contributed by atoms with Gasteiger partial charge in [0.25, 0.3) is 5.91 Å². The van der Waals surface area contributed by atoms with E-state index in [1.54, 1.807) is 23.7 Å². The van der Waals surface area contributed by atoms with Gasteiger partial charge in [-0.2, -0.15) is 0 Å². The molecule has 0 aliphatic carbocycles. The van der Waals surface area contributed by atoms with E-state index < -0.39 is 0 Å². The number of amides is 1.